The molecule has 1 atom stereocenters. The molecule has 1 amide bonds. The Balaban J connectivity index is 1.38. The first kappa shape index (κ1) is 18.5. The van der Waals surface area contributed by atoms with E-state index in [-0.39, 0.29) is 11.8 Å². The number of carbonyl (C=O) groups is 1. The Hall–Kier alpha value is -2.87. The summed E-state index contributed by atoms with van der Waals surface area (Å²) in [6.07, 6.45) is 5.74. The van der Waals surface area contributed by atoms with E-state index in [0.29, 0.717) is 13.2 Å². The van der Waals surface area contributed by atoms with Gasteiger partial charge in [-0.3, -0.25) is 9.36 Å². The standard InChI is InChI=1S/C20H23N5O2S/c1-2-27-17-9-7-16(8-10-17)21-18(26)15-6-5-13-25(14-15)20-23-22-19(28-20)24-11-3-4-12-24/h3-4,7-12,15H,2,5-6,13-14H2,1H3,(H,21,26). The van der Waals surface area contributed by atoms with Crippen molar-refractivity contribution in [2.75, 3.05) is 29.9 Å². The first-order valence-electron chi connectivity index (χ1n) is 9.48. The van der Waals surface area contributed by atoms with Crippen LogP contribution >= 0.6 is 11.3 Å². The van der Waals surface area contributed by atoms with Gasteiger partial charge in [0.2, 0.25) is 16.2 Å². The smallest absolute Gasteiger partial charge is 0.229 e. The van der Waals surface area contributed by atoms with Gasteiger partial charge in [0, 0.05) is 31.2 Å². The van der Waals surface area contributed by atoms with Crippen LogP contribution in [-0.4, -0.2) is 40.4 Å². The number of aromatic nitrogens is 3. The predicted octanol–water partition coefficient (Wildman–Crippen LogP) is 3.58. The van der Waals surface area contributed by atoms with E-state index in [9.17, 15) is 4.79 Å². The number of ether oxygens (including phenoxy) is 1. The van der Waals surface area contributed by atoms with E-state index in [4.69, 9.17) is 4.74 Å². The number of benzene rings is 1. The van der Waals surface area contributed by atoms with Gasteiger partial charge in [0.15, 0.2) is 0 Å². The van der Waals surface area contributed by atoms with E-state index in [1.165, 1.54) is 0 Å². The summed E-state index contributed by atoms with van der Waals surface area (Å²) >= 11 is 1.54. The maximum Gasteiger partial charge on any atom is 0.229 e. The molecule has 1 aliphatic rings. The Labute approximate surface area is 168 Å². The van der Waals surface area contributed by atoms with Crippen LogP contribution in [0.4, 0.5) is 10.8 Å². The molecule has 1 aromatic carbocycles. The van der Waals surface area contributed by atoms with Crippen LogP contribution in [0.5, 0.6) is 5.75 Å². The second-order valence-electron chi connectivity index (χ2n) is 6.69. The van der Waals surface area contributed by atoms with Crippen molar-refractivity contribution in [1.29, 1.82) is 0 Å². The summed E-state index contributed by atoms with van der Waals surface area (Å²) in [5.41, 5.74) is 0.788. The monoisotopic (exact) mass is 397 g/mol. The fraction of sp³-hybridized carbons (Fsp3) is 0.350. The lowest BCUT2D eigenvalue weighted by Gasteiger charge is -2.31. The fourth-order valence-corrected chi connectivity index (χ4v) is 4.16. The molecular weight excluding hydrogens is 374 g/mol. The Morgan fingerprint density at radius 3 is 2.71 bits per heavy atom. The molecule has 8 heteroatoms. The maximum atomic E-state index is 12.7. The zero-order valence-electron chi connectivity index (χ0n) is 15.7. The van der Waals surface area contributed by atoms with Crippen LogP contribution in [0.15, 0.2) is 48.8 Å². The zero-order valence-corrected chi connectivity index (χ0v) is 16.6. The first-order chi connectivity index (χ1) is 13.7. The third kappa shape index (κ3) is 4.17. The van der Waals surface area contributed by atoms with Crippen LogP contribution in [-0.2, 0) is 4.79 Å². The summed E-state index contributed by atoms with van der Waals surface area (Å²) < 4.78 is 7.39. The Morgan fingerprint density at radius 1 is 1.21 bits per heavy atom. The molecule has 2 aromatic heterocycles. The van der Waals surface area contributed by atoms with Gasteiger partial charge in [-0.15, -0.1) is 10.2 Å². The van der Waals surface area contributed by atoms with E-state index in [0.717, 1.165) is 41.1 Å². The fourth-order valence-electron chi connectivity index (χ4n) is 3.31. The molecule has 1 aliphatic heterocycles. The van der Waals surface area contributed by atoms with Crippen molar-refractivity contribution >= 4 is 28.1 Å². The highest BCUT2D eigenvalue weighted by atomic mass is 32.1. The third-order valence-electron chi connectivity index (χ3n) is 4.72. The van der Waals surface area contributed by atoms with E-state index in [1.54, 1.807) is 11.3 Å². The molecule has 146 valence electrons. The highest BCUT2D eigenvalue weighted by molar-refractivity contribution is 7.17. The minimum Gasteiger partial charge on any atom is -0.494 e. The predicted molar refractivity (Wildman–Crippen MR) is 110 cm³/mol. The number of hydrogen-bond donors (Lipinski definition) is 1. The van der Waals surface area contributed by atoms with E-state index in [2.05, 4.69) is 20.4 Å². The third-order valence-corrected chi connectivity index (χ3v) is 5.72. The summed E-state index contributed by atoms with van der Waals surface area (Å²) in [7, 11) is 0. The molecule has 4 rings (SSSR count). The van der Waals surface area contributed by atoms with Gasteiger partial charge in [0.1, 0.15) is 5.75 Å². The van der Waals surface area contributed by atoms with E-state index in [1.807, 2.05) is 60.3 Å². The summed E-state index contributed by atoms with van der Waals surface area (Å²) in [4.78, 5) is 14.9. The van der Waals surface area contributed by atoms with Gasteiger partial charge in [0.05, 0.1) is 12.5 Å². The van der Waals surface area contributed by atoms with Crippen LogP contribution < -0.4 is 15.0 Å². The highest BCUT2D eigenvalue weighted by Gasteiger charge is 2.28. The molecule has 3 heterocycles. The van der Waals surface area contributed by atoms with Crippen molar-refractivity contribution in [2.45, 2.75) is 19.8 Å². The van der Waals surface area contributed by atoms with Gasteiger partial charge in [-0.05, 0) is 56.2 Å². The molecule has 1 N–H and O–H groups in total. The number of rotatable bonds is 6. The van der Waals surface area contributed by atoms with Gasteiger partial charge in [-0.25, -0.2) is 0 Å². The van der Waals surface area contributed by atoms with Gasteiger partial charge >= 0.3 is 0 Å². The summed E-state index contributed by atoms with van der Waals surface area (Å²) in [6, 6.07) is 11.4. The van der Waals surface area contributed by atoms with Crippen LogP contribution in [0.25, 0.3) is 5.13 Å². The van der Waals surface area contributed by atoms with Gasteiger partial charge < -0.3 is 15.0 Å². The van der Waals surface area contributed by atoms with Crippen molar-refractivity contribution < 1.29 is 9.53 Å². The molecule has 0 bridgehead atoms. The largest absolute Gasteiger partial charge is 0.494 e. The minimum atomic E-state index is -0.0701. The SMILES string of the molecule is CCOc1ccc(NC(=O)C2CCCN(c3nnc(-n4cccc4)s3)C2)cc1. The van der Waals surface area contributed by atoms with Crippen LogP contribution in [0, 0.1) is 5.92 Å². The van der Waals surface area contributed by atoms with E-state index >= 15 is 0 Å². The summed E-state index contributed by atoms with van der Waals surface area (Å²) in [5.74, 6) is 0.780. The lowest BCUT2D eigenvalue weighted by molar-refractivity contribution is -0.120. The number of carbonyl (C=O) groups excluding carboxylic acids is 1. The lowest BCUT2D eigenvalue weighted by atomic mass is 9.97. The average Bonchev–Trinajstić information content (AvgIpc) is 3.42. The molecule has 7 nitrogen and oxygen atoms in total. The quantitative estimate of drug-likeness (QED) is 0.688. The average molecular weight is 398 g/mol. The summed E-state index contributed by atoms with van der Waals surface area (Å²) in [5, 5.41) is 13.3. The maximum absolute atomic E-state index is 12.7. The zero-order chi connectivity index (χ0) is 19.3. The molecular formula is C20H23N5O2S. The number of anilines is 2. The van der Waals surface area contributed by atoms with Crippen molar-refractivity contribution in [1.82, 2.24) is 14.8 Å². The van der Waals surface area contributed by atoms with Crippen molar-refractivity contribution in [3.63, 3.8) is 0 Å². The van der Waals surface area contributed by atoms with Crippen molar-refractivity contribution in [3.8, 4) is 10.9 Å². The number of piperidine rings is 1. The van der Waals surface area contributed by atoms with Crippen LogP contribution in [0.2, 0.25) is 0 Å². The Bertz CT molecular complexity index is 907. The lowest BCUT2D eigenvalue weighted by Crippen LogP contribution is -2.40. The number of nitrogens with zero attached hydrogens (tertiary/aromatic N) is 4. The minimum absolute atomic E-state index is 0.0454. The number of hydrogen-bond acceptors (Lipinski definition) is 6. The molecule has 28 heavy (non-hydrogen) atoms. The molecule has 3 aromatic rings. The van der Waals surface area contributed by atoms with Crippen LogP contribution in [0.1, 0.15) is 19.8 Å². The molecule has 0 saturated carbocycles. The van der Waals surface area contributed by atoms with Gasteiger partial charge in [0.25, 0.3) is 0 Å². The molecule has 0 radical (unpaired) electrons. The summed E-state index contributed by atoms with van der Waals surface area (Å²) in [6.45, 7) is 4.13. The normalized spacial score (nSPS) is 16.8. The number of amides is 1. The molecule has 0 spiro atoms. The second kappa shape index (κ2) is 8.43. The number of nitrogens with one attached hydrogen (secondary N) is 1. The van der Waals surface area contributed by atoms with Gasteiger partial charge in [-0.1, -0.05) is 11.3 Å². The Kier molecular flexibility index (Phi) is 5.57. The molecule has 1 saturated heterocycles. The topological polar surface area (TPSA) is 72.3 Å². The molecule has 1 unspecified atom stereocenters. The Morgan fingerprint density at radius 2 is 1.96 bits per heavy atom. The second-order valence-corrected chi connectivity index (χ2v) is 7.62. The first-order valence-corrected chi connectivity index (χ1v) is 10.3. The molecule has 1 fully saturated rings. The molecule has 0 aliphatic carbocycles. The van der Waals surface area contributed by atoms with Crippen LogP contribution in [0.3, 0.4) is 0 Å². The van der Waals surface area contributed by atoms with Crippen molar-refractivity contribution in [3.05, 3.63) is 48.8 Å². The van der Waals surface area contributed by atoms with Gasteiger partial charge in [-0.2, -0.15) is 0 Å². The van der Waals surface area contributed by atoms with Crippen molar-refractivity contribution in [2.24, 2.45) is 5.92 Å². The van der Waals surface area contributed by atoms with E-state index < -0.39 is 0 Å². The highest BCUT2D eigenvalue weighted by Crippen LogP contribution is 2.28.